The first-order chi connectivity index (χ1) is 11.7. The van der Waals surface area contributed by atoms with Gasteiger partial charge in [0.1, 0.15) is 5.75 Å². The van der Waals surface area contributed by atoms with Gasteiger partial charge in [0.2, 0.25) is 0 Å². The highest BCUT2D eigenvalue weighted by Gasteiger charge is 2.26. The molecule has 0 spiro atoms. The maximum atomic E-state index is 12.2. The van der Waals surface area contributed by atoms with Crippen molar-refractivity contribution in [2.75, 3.05) is 40.0 Å². The van der Waals surface area contributed by atoms with E-state index in [0.29, 0.717) is 19.8 Å². The third-order valence-corrected chi connectivity index (χ3v) is 4.58. The van der Waals surface area contributed by atoms with Crippen molar-refractivity contribution in [3.05, 3.63) is 29.8 Å². The van der Waals surface area contributed by atoms with Crippen molar-refractivity contribution in [2.24, 2.45) is 0 Å². The zero-order valence-corrected chi connectivity index (χ0v) is 14.2. The number of likely N-dealkylation sites (tertiary alicyclic amines) is 1. The number of rotatable bonds is 5. The molecule has 0 saturated carbocycles. The highest BCUT2D eigenvalue weighted by atomic mass is 16.6. The van der Waals surface area contributed by atoms with Gasteiger partial charge in [-0.25, -0.2) is 0 Å². The Kier molecular flexibility index (Phi) is 6.07. The van der Waals surface area contributed by atoms with Crippen molar-refractivity contribution in [1.82, 2.24) is 10.2 Å². The molecule has 6 nitrogen and oxygen atoms in total. The molecular weight excluding hydrogens is 308 g/mol. The van der Waals surface area contributed by atoms with Crippen molar-refractivity contribution < 1.29 is 19.0 Å². The Labute approximate surface area is 143 Å². The Bertz CT molecular complexity index is 538. The van der Waals surface area contributed by atoms with Gasteiger partial charge in [-0.15, -0.1) is 0 Å². The van der Waals surface area contributed by atoms with Crippen LogP contribution in [0.1, 0.15) is 18.4 Å². The quantitative estimate of drug-likeness (QED) is 0.877. The highest BCUT2D eigenvalue weighted by molar-refractivity contribution is 5.81. The summed E-state index contributed by atoms with van der Waals surface area (Å²) >= 11 is 0. The first-order valence-electron chi connectivity index (χ1n) is 8.59. The number of nitrogens with zero attached hydrogens (tertiary/aromatic N) is 1. The minimum atomic E-state index is -0.450. The lowest BCUT2D eigenvalue weighted by atomic mass is 10.0. The lowest BCUT2D eigenvalue weighted by molar-refractivity contribution is -0.148. The van der Waals surface area contributed by atoms with Crippen LogP contribution < -0.4 is 10.1 Å². The molecule has 1 aromatic carbocycles. The first-order valence-corrected chi connectivity index (χ1v) is 8.59. The van der Waals surface area contributed by atoms with Gasteiger partial charge in [-0.1, -0.05) is 12.1 Å². The summed E-state index contributed by atoms with van der Waals surface area (Å²) in [7, 11) is 1.69. The topological polar surface area (TPSA) is 60.0 Å². The second-order valence-electron chi connectivity index (χ2n) is 6.34. The smallest absolute Gasteiger partial charge is 0.251 e. The van der Waals surface area contributed by atoms with E-state index in [0.717, 1.165) is 38.2 Å². The van der Waals surface area contributed by atoms with E-state index in [4.69, 9.17) is 14.2 Å². The van der Waals surface area contributed by atoms with Crippen molar-refractivity contribution in [3.8, 4) is 5.75 Å². The van der Waals surface area contributed by atoms with Crippen LogP contribution >= 0.6 is 0 Å². The van der Waals surface area contributed by atoms with Crippen LogP contribution in [0.15, 0.2) is 24.3 Å². The van der Waals surface area contributed by atoms with Crippen LogP contribution in [0.5, 0.6) is 5.75 Å². The molecule has 0 aromatic heterocycles. The molecule has 1 amide bonds. The maximum absolute atomic E-state index is 12.2. The van der Waals surface area contributed by atoms with Crippen molar-refractivity contribution >= 4 is 5.91 Å². The molecule has 132 valence electrons. The molecule has 3 rings (SSSR count). The molecule has 1 aromatic rings. The summed E-state index contributed by atoms with van der Waals surface area (Å²) in [6, 6.07) is 8.41. The van der Waals surface area contributed by atoms with Crippen LogP contribution in [0.2, 0.25) is 0 Å². The number of nitrogens with one attached hydrogen (secondary N) is 1. The summed E-state index contributed by atoms with van der Waals surface area (Å²) in [6.07, 6.45) is 1.47. The predicted molar refractivity (Wildman–Crippen MR) is 90.0 cm³/mol. The molecule has 0 aliphatic carbocycles. The number of carbonyl (C=O) groups is 1. The number of piperidine rings is 1. The maximum Gasteiger partial charge on any atom is 0.251 e. The number of benzene rings is 1. The standard InChI is InChI=1S/C18H26N2O4/c1-22-16-4-2-3-14(11-16)12-20-7-5-15(6-8-20)19-18(21)17-13-23-9-10-24-17/h2-4,11,15,17H,5-10,12-13H2,1H3,(H,19,21)/t17-/m0/s1. The van der Waals surface area contributed by atoms with Gasteiger partial charge < -0.3 is 19.5 Å². The average Bonchev–Trinajstić information content (AvgIpc) is 2.64. The summed E-state index contributed by atoms with van der Waals surface area (Å²) in [5, 5.41) is 3.10. The molecule has 6 heteroatoms. The molecule has 2 aliphatic rings. The van der Waals surface area contributed by atoms with Crippen molar-refractivity contribution in [3.63, 3.8) is 0 Å². The van der Waals surface area contributed by atoms with Gasteiger partial charge in [0.05, 0.1) is 26.9 Å². The van der Waals surface area contributed by atoms with Crippen molar-refractivity contribution in [2.45, 2.75) is 31.5 Å². The normalized spacial score (nSPS) is 23.0. The van der Waals surface area contributed by atoms with Gasteiger partial charge in [0.15, 0.2) is 6.10 Å². The number of carbonyl (C=O) groups excluding carboxylic acids is 1. The number of hydrogen-bond acceptors (Lipinski definition) is 5. The second-order valence-corrected chi connectivity index (χ2v) is 6.34. The molecule has 2 fully saturated rings. The van der Waals surface area contributed by atoms with Gasteiger partial charge >= 0.3 is 0 Å². The Balaban J connectivity index is 1.42. The van der Waals surface area contributed by atoms with Gasteiger partial charge in [-0.05, 0) is 30.5 Å². The van der Waals surface area contributed by atoms with Crippen LogP contribution in [0.4, 0.5) is 0 Å². The van der Waals surface area contributed by atoms with Gasteiger partial charge in [-0.3, -0.25) is 9.69 Å². The Hall–Kier alpha value is -1.63. The van der Waals surface area contributed by atoms with Crippen LogP contribution in [0.3, 0.4) is 0 Å². The third-order valence-electron chi connectivity index (χ3n) is 4.58. The minimum Gasteiger partial charge on any atom is -0.497 e. The van der Waals surface area contributed by atoms with E-state index < -0.39 is 6.10 Å². The van der Waals surface area contributed by atoms with E-state index in [-0.39, 0.29) is 11.9 Å². The zero-order valence-electron chi connectivity index (χ0n) is 14.2. The average molecular weight is 334 g/mol. The second kappa shape index (κ2) is 8.46. The Morgan fingerprint density at radius 2 is 2.17 bits per heavy atom. The predicted octanol–water partition coefficient (Wildman–Crippen LogP) is 1.19. The molecule has 0 radical (unpaired) electrons. The summed E-state index contributed by atoms with van der Waals surface area (Å²) < 4.78 is 16.0. The van der Waals surface area contributed by atoms with E-state index in [1.807, 2.05) is 12.1 Å². The number of methoxy groups -OCH3 is 1. The number of ether oxygens (including phenoxy) is 3. The summed E-state index contributed by atoms with van der Waals surface area (Å²) in [4.78, 5) is 14.6. The summed E-state index contributed by atoms with van der Waals surface area (Å²) in [5.41, 5.74) is 1.25. The molecule has 2 aliphatic heterocycles. The van der Waals surface area contributed by atoms with Gasteiger partial charge in [0.25, 0.3) is 5.91 Å². The van der Waals surface area contributed by atoms with E-state index >= 15 is 0 Å². The lowest BCUT2D eigenvalue weighted by Gasteiger charge is -2.33. The molecular formula is C18H26N2O4. The minimum absolute atomic E-state index is 0.0408. The van der Waals surface area contributed by atoms with E-state index in [2.05, 4.69) is 22.3 Å². The van der Waals surface area contributed by atoms with Crippen LogP contribution in [0.25, 0.3) is 0 Å². The van der Waals surface area contributed by atoms with Crippen LogP contribution in [-0.4, -0.2) is 63.0 Å². The monoisotopic (exact) mass is 334 g/mol. The molecule has 2 heterocycles. The SMILES string of the molecule is COc1cccc(CN2CCC(NC(=O)[C@@H]3COCCO3)CC2)c1. The molecule has 1 atom stereocenters. The highest BCUT2D eigenvalue weighted by Crippen LogP contribution is 2.18. The fourth-order valence-electron chi connectivity index (χ4n) is 3.20. The number of amides is 1. The van der Waals surface area contributed by atoms with Crippen LogP contribution in [0, 0.1) is 0 Å². The first kappa shape index (κ1) is 17.2. The zero-order chi connectivity index (χ0) is 16.8. The van der Waals surface area contributed by atoms with Crippen molar-refractivity contribution in [1.29, 1.82) is 0 Å². The lowest BCUT2D eigenvalue weighted by Crippen LogP contribution is -2.50. The molecule has 24 heavy (non-hydrogen) atoms. The number of hydrogen-bond donors (Lipinski definition) is 1. The molecule has 0 unspecified atom stereocenters. The largest absolute Gasteiger partial charge is 0.497 e. The van der Waals surface area contributed by atoms with Gasteiger partial charge in [-0.2, -0.15) is 0 Å². The van der Waals surface area contributed by atoms with E-state index in [9.17, 15) is 4.79 Å². The third kappa shape index (κ3) is 4.69. The summed E-state index contributed by atoms with van der Waals surface area (Å²) in [5.74, 6) is 0.852. The molecule has 2 saturated heterocycles. The van der Waals surface area contributed by atoms with Crippen LogP contribution in [-0.2, 0) is 20.8 Å². The molecule has 1 N–H and O–H groups in total. The summed E-state index contributed by atoms with van der Waals surface area (Å²) in [6.45, 7) is 4.30. The molecule has 0 bridgehead atoms. The fourth-order valence-corrected chi connectivity index (χ4v) is 3.20. The Morgan fingerprint density at radius 3 is 2.88 bits per heavy atom. The van der Waals surface area contributed by atoms with E-state index in [1.165, 1.54) is 5.56 Å². The Morgan fingerprint density at radius 1 is 1.33 bits per heavy atom. The fraction of sp³-hybridized carbons (Fsp3) is 0.611. The van der Waals surface area contributed by atoms with Gasteiger partial charge in [0, 0.05) is 25.7 Å². The van der Waals surface area contributed by atoms with E-state index in [1.54, 1.807) is 7.11 Å².